The molecular formula is C14H19N5O2. The number of carbonyl (C=O) groups is 1. The highest BCUT2D eigenvalue weighted by molar-refractivity contribution is 5.75. The predicted molar refractivity (Wildman–Crippen MR) is 74.2 cm³/mol. The van der Waals surface area contributed by atoms with E-state index in [1.54, 1.807) is 23.0 Å². The van der Waals surface area contributed by atoms with Crippen LogP contribution in [0.25, 0.3) is 0 Å². The van der Waals surface area contributed by atoms with Gasteiger partial charge in [-0.3, -0.25) is 9.48 Å². The van der Waals surface area contributed by atoms with E-state index < -0.39 is 0 Å². The maximum atomic E-state index is 12.1. The zero-order valence-electron chi connectivity index (χ0n) is 12.1. The zero-order chi connectivity index (χ0) is 14.7. The van der Waals surface area contributed by atoms with E-state index in [9.17, 15) is 4.79 Å². The molecule has 0 aromatic carbocycles. The lowest BCUT2D eigenvalue weighted by atomic mass is 10.2. The highest BCUT2D eigenvalue weighted by Crippen LogP contribution is 2.40. The molecule has 112 valence electrons. The predicted octanol–water partition coefficient (Wildman–Crippen LogP) is 1.58. The number of rotatable bonds is 7. The highest BCUT2D eigenvalue weighted by Gasteiger charge is 2.28. The van der Waals surface area contributed by atoms with Crippen LogP contribution in [0, 0.1) is 0 Å². The quantitative estimate of drug-likeness (QED) is 0.773. The number of hydrogen-bond donors (Lipinski definition) is 0. The number of aromatic nitrogens is 4. The van der Waals surface area contributed by atoms with Crippen molar-refractivity contribution in [2.75, 3.05) is 7.05 Å². The Labute approximate surface area is 122 Å². The van der Waals surface area contributed by atoms with E-state index in [2.05, 4.69) is 15.2 Å². The van der Waals surface area contributed by atoms with E-state index in [1.807, 2.05) is 6.07 Å². The van der Waals surface area contributed by atoms with Crippen molar-refractivity contribution >= 4 is 5.91 Å². The van der Waals surface area contributed by atoms with E-state index in [-0.39, 0.29) is 5.91 Å². The number of hydrogen-bond acceptors (Lipinski definition) is 5. The molecule has 7 nitrogen and oxygen atoms in total. The largest absolute Gasteiger partial charge is 0.361 e. The SMILES string of the molecule is CN(Cc1cc(C2CC2)on1)C(=O)CCCn1cncn1. The molecule has 0 aliphatic heterocycles. The Morgan fingerprint density at radius 2 is 2.38 bits per heavy atom. The van der Waals surface area contributed by atoms with Crippen molar-refractivity contribution < 1.29 is 9.32 Å². The van der Waals surface area contributed by atoms with Gasteiger partial charge in [-0.2, -0.15) is 5.10 Å². The summed E-state index contributed by atoms with van der Waals surface area (Å²) in [7, 11) is 1.79. The Morgan fingerprint density at radius 3 is 3.10 bits per heavy atom. The lowest BCUT2D eigenvalue weighted by Crippen LogP contribution is -2.26. The van der Waals surface area contributed by atoms with Crippen molar-refractivity contribution in [1.82, 2.24) is 24.8 Å². The molecule has 7 heteroatoms. The van der Waals surface area contributed by atoms with Crippen LogP contribution in [0.15, 0.2) is 23.2 Å². The number of aryl methyl sites for hydroxylation is 1. The topological polar surface area (TPSA) is 77.0 Å². The molecule has 1 aliphatic rings. The minimum Gasteiger partial charge on any atom is -0.361 e. The summed E-state index contributed by atoms with van der Waals surface area (Å²) < 4.78 is 7.02. The molecule has 21 heavy (non-hydrogen) atoms. The molecule has 0 radical (unpaired) electrons. The first-order valence-corrected chi connectivity index (χ1v) is 7.24. The average Bonchev–Trinajstić information content (AvgIpc) is 2.99. The summed E-state index contributed by atoms with van der Waals surface area (Å²) in [6, 6.07) is 1.97. The highest BCUT2D eigenvalue weighted by atomic mass is 16.5. The molecule has 3 rings (SSSR count). The molecule has 2 aromatic heterocycles. The molecule has 0 bridgehead atoms. The third-order valence-corrected chi connectivity index (χ3v) is 3.63. The van der Waals surface area contributed by atoms with Crippen molar-refractivity contribution in [2.45, 2.75) is 44.7 Å². The summed E-state index contributed by atoms with van der Waals surface area (Å²) in [5, 5.41) is 8.04. The van der Waals surface area contributed by atoms with E-state index in [1.165, 1.54) is 19.2 Å². The van der Waals surface area contributed by atoms with Crippen LogP contribution in [-0.4, -0.2) is 37.8 Å². The molecule has 1 saturated carbocycles. The number of nitrogens with zero attached hydrogens (tertiary/aromatic N) is 5. The molecule has 0 unspecified atom stereocenters. The number of carbonyl (C=O) groups excluding carboxylic acids is 1. The second kappa shape index (κ2) is 6.07. The normalized spacial score (nSPS) is 14.3. The molecule has 1 aliphatic carbocycles. The van der Waals surface area contributed by atoms with Crippen LogP contribution in [0.3, 0.4) is 0 Å². The Kier molecular flexibility index (Phi) is 3.98. The molecule has 2 aromatic rings. The Morgan fingerprint density at radius 1 is 1.52 bits per heavy atom. The van der Waals surface area contributed by atoms with Gasteiger partial charge in [0.1, 0.15) is 24.1 Å². The fourth-order valence-electron chi connectivity index (χ4n) is 2.23. The fourth-order valence-corrected chi connectivity index (χ4v) is 2.23. The molecule has 1 fully saturated rings. The maximum Gasteiger partial charge on any atom is 0.222 e. The molecule has 0 spiro atoms. The van der Waals surface area contributed by atoms with E-state index in [4.69, 9.17) is 4.52 Å². The summed E-state index contributed by atoms with van der Waals surface area (Å²) >= 11 is 0. The molecule has 0 saturated heterocycles. The summed E-state index contributed by atoms with van der Waals surface area (Å²) in [5.41, 5.74) is 0.823. The van der Waals surface area contributed by atoms with Crippen molar-refractivity contribution in [1.29, 1.82) is 0 Å². The minimum atomic E-state index is 0.103. The van der Waals surface area contributed by atoms with E-state index >= 15 is 0 Å². The third kappa shape index (κ3) is 3.68. The van der Waals surface area contributed by atoms with Crippen molar-refractivity contribution in [2.24, 2.45) is 0 Å². The van der Waals surface area contributed by atoms with Gasteiger partial charge in [-0.1, -0.05) is 5.16 Å². The maximum absolute atomic E-state index is 12.1. The molecule has 1 amide bonds. The van der Waals surface area contributed by atoms with Gasteiger partial charge in [-0.05, 0) is 19.3 Å². The van der Waals surface area contributed by atoms with Gasteiger partial charge >= 0.3 is 0 Å². The second-order valence-electron chi connectivity index (χ2n) is 5.51. The van der Waals surface area contributed by atoms with Crippen LogP contribution in [0.2, 0.25) is 0 Å². The Hall–Kier alpha value is -2.18. The van der Waals surface area contributed by atoms with Gasteiger partial charge in [-0.25, -0.2) is 4.98 Å². The number of amides is 1. The van der Waals surface area contributed by atoms with E-state index in [0.29, 0.717) is 25.4 Å². The van der Waals surface area contributed by atoms with Gasteiger partial charge in [0.25, 0.3) is 0 Å². The minimum absolute atomic E-state index is 0.103. The van der Waals surface area contributed by atoms with Gasteiger partial charge in [0.05, 0.1) is 6.54 Å². The first-order valence-electron chi connectivity index (χ1n) is 7.24. The van der Waals surface area contributed by atoms with Gasteiger partial charge in [0, 0.05) is 32.0 Å². The fraction of sp³-hybridized carbons (Fsp3) is 0.571. The van der Waals surface area contributed by atoms with Crippen LogP contribution in [0.5, 0.6) is 0 Å². The van der Waals surface area contributed by atoms with Crippen LogP contribution in [-0.2, 0) is 17.9 Å². The van der Waals surface area contributed by atoms with Gasteiger partial charge in [0.15, 0.2) is 0 Å². The van der Waals surface area contributed by atoms with E-state index in [0.717, 1.165) is 17.9 Å². The smallest absolute Gasteiger partial charge is 0.222 e. The third-order valence-electron chi connectivity index (χ3n) is 3.63. The van der Waals surface area contributed by atoms with Crippen LogP contribution < -0.4 is 0 Å². The standard InChI is InChI=1S/C14H19N5O2/c1-18(8-12-7-13(21-17-12)11-4-5-11)14(20)3-2-6-19-10-15-9-16-19/h7,9-11H,2-6,8H2,1H3. The first-order chi connectivity index (χ1) is 10.2. The molecule has 0 N–H and O–H groups in total. The summed E-state index contributed by atoms with van der Waals surface area (Å²) in [5.74, 6) is 1.61. The first kappa shape index (κ1) is 13.8. The zero-order valence-corrected chi connectivity index (χ0v) is 12.1. The van der Waals surface area contributed by atoms with Crippen molar-refractivity contribution in [3.05, 3.63) is 30.2 Å². The van der Waals surface area contributed by atoms with Crippen molar-refractivity contribution in [3.8, 4) is 0 Å². The Balaban J connectivity index is 1.42. The summed E-state index contributed by atoms with van der Waals surface area (Å²) in [6.45, 7) is 1.20. The lowest BCUT2D eigenvalue weighted by molar-refractivity contribution is -0.130. The second-order valence-corrected chi connectivity index (χ2v) is 5.51. The van der Waals surface area contributed by atoms with Crippen molar-refractivity contribution in [3.63, 3.8) is 0 Å². The van der Waals surface area contributed by atoms with Crippen LogP contribution >= 0.6 is 0 Å². The summed E-state index contributed by atoms with van der Waals surface area (Å²) in [6.07, 6.45) is 6.76. The molecule has 0 atom stereocenters. The van der Waals surface area contributed by atoms with Crippen LogP contribution in [0.4, 0.5) is 0 Å². The van der Waals surface area contributed by atoms with Crippen LogP contribution in [0.1, 0.15) is 43.1 Å². The van der Waals surface area contributed by atoms with Gasteiger partial charge in [0.2, 0.25) is 5.91 Å². The Bertz CT molecular complexity index is 588. The van der Waals surface area contributed by atoms with Gasteiger partial charge < -0.3 is 9.42 Å². The summed E-state index contributed by atoms with van der Waals surface area (Å²) in [4.78, 5) is 17.6. The average molecular weight is 289 g/mol. The van der Waals surface area contributed by atoms with Gasteiger partial charge in [-0.15, -0.1) is 0 Å². The molecular weight excluding hydrogens is 270 g/mol. The monoisotopic (exact) mass is 289 g/mol. The molecule has 2 heterocycles. The lowest BCUT2D eigenvalue weighted by Gasteiger charge is -2.15.